The van der Waals surface area contributed by atoms with Gasteiger partial charge >= 0.3 is 104 Å². The SMILES string of the molecule is CC(C)(C)c1c[nH]cc1CC[I-]C(F)(F)F. The number of halogens is 4. The van der Waals surface area contributed by atoms with Crippen LogP contribution in [0.1, 0.15) is 31.9 Å². The normalized spacial score (nSPS) is 13.4. The molecule has 0 amide bonds. The first kappa shape index (κ1) is 13.9. The van der Waals surface area contributed by atoms with Crippen molar-refractivity contribution in [3.8, 4) is 0 Å². The number of aryl methyl sites for hydroxylation is 1. The van der Waals surface area contributed by atoms with E-state index in [2.05, 4.69) is 25.8 Å². The molecule has 0 bridgehead atoms. The van der Waals surface area contributed by atoms with Gasteiger partial charge in [-0.1, -0.05) is 0 Å². The van der Waals surface area contributed by atoms with Gasteiger partial charge in [-0.3, -0.25) is 0 Å². The average Bonchev–Trinajstić information content (AvgIpc) is 2.48. The molecule has 5 heteroatoms. The summed E-state index contributed by atoms with van der Waals surface area (Å²) < 4.78 is 32.5. The van der Waals surface area contributed by atoms with Crippen molar-refractivity contribution < 1.29 is 34.4 Å². The molecule has 1 rings (SSSR count). The van der Waals surface area contributed by atoms with Gasteiger partial charge in [-0.15, -0.1) is 0 Å². The molecule has 0 aliphatic heterocycles. The van der Waals surface area contributed by atoms with Gasteiger partial charge in [0.25, 0.3) is 0 Å². The summed E-state index contributed by atoms with van der Waals surface area (Å²) in [6.45, 7) is 6.20. The zero-order chi connectivity index (χ0) is 12.4. The third kappa shape index (κ3) is 4.35. The molecule has 0 saturated carbocycles. The van der Waals surface area contributed by atoms with Gasteiger partial charge in [0.2, 0.25) is 0 Å². The van der Waals surface area contributed by atoms with E-state index >= 15 is 0 Å². The third-order valence-corrected chi connectivity index (χ3v) is 4.19. The second-order valence-corrected chi connectivity index (χ2v) is 7.71. The van der Waals surface area contributed by atoms with Crippen LogP contribution in [0, 0.1) is 0 Å². The number of rotatable bonds is 3. The topological polar surface area (TPSA) is 15.8 Å². The molecule has 0 unspecified atom stereocenters. The monoisotopic (exact) mass is 346 g/mol. The van der Waals surface area contributed by atoms with Crippen molar-refractivity contribution in [1.82, 2.24) is 4.98 Å². The summed E-state index contributed by atoms with van der Waals surface area (Å²) in [5.74, 6) is 0. The molecular formula is C11H16F3IN-. The molecule has 1 heterocycles. The van der Waals surface area contributed by atoms with Crippen molar-refractivity contribution in [3.63, 3.8) is 0 Å². The van der Waals surface area contributed by atoms with E-state index in [0.29, 0.717) is 6.42 Å². The molecule has 0 fully saturated rings. The van der Waals surface area contributed by atoms with E-state index in [1.807, 2.05) is 12.4 Å². The summed E-state index contributed by atoms with van der Waals surface area (Å²) in [4.78, 5) is 2.98. The number of hydrogen-bond acceptors (Lipinski definition) is 0. The Hall–Kier alpha value is -0.200. The van der Waals surface area contributed by atoms with E-state index in [-0.39, 0.29) is 9.84 Å². The number of H-pyrrole nitrogens is 1. The summed E-state index contributed by atoms with van der Waals surface area (Å²) in [5.41, 5.74) is 2.14. The quantitative estimate of drug-likeness (QED) is 0.605. The summed E-state index contributed by atoms with van der Waals surface area (Å²) in [5, 5.41) is 0. The van der Waals surface area contributed by atoms with Gasteiger partial charge in [-0.2, -0.15) is 0 Å². The Morgan fingerprint density at radius 3 is 2.31 bits per heavy atom. The van der Waals surface area contributed by atoms with Crippen molar-refractivity contribution in [2.75, 3.05) is 4.43 Å². The van der Waals surface area contributed by atoms with Crippen molar-refractivity contribution in [1.29, 1.82) is 0 Å². The molecule has 0 aliphatic rings. The summed E-state index contributed by atoms with van der Waals surface area (Å²) >= 11 is -1.69. The molecule has 0 spiro atoms. The molecule has 1 nitrogen and oxygen atoms in total. The van der Waals surface area contributed by atoms with Gasteiger partial charge < -0.3 is 0 Å². The fourth-order valence-corrected chi connectivity index (χ4v) is 3.02. The molecule has 0 radical (unpaired) electrons. The number of nitrogens with one attached hydrogen (secondary N) is 1. The summed E-state index contributed by atoms with van der Waals surface area (Å²) in [7, 11) is 0. The van der Waals surface area contributed by atoms with Gasteiger partial charge in [0, 0.05) is 0 Å². The molecule has 1 aromatic heterocycles. The van der Waals surface area contributed by atoms with Crippen LogP contribution in [-0.4, -0.2) is 13.6 Å². The molecular weight excluding hydrogens is 330 g/mol. The minimum atomic E-state index is -3.93. The third-order valence-electron chi connectivity index (χ3n) is 2.25. The minimum absolute atomic E-state index is 0.00805. The van der Waals surface area contributed by atoms with Gasteiger partial charge in [0.15, 0.2) is 0 Å². The Labute approximate surface area is 104 Å². The van der Waals surface area contributed by atoms with Gasteiger partial charge in [0.1, 0.15) is 0 Å². The van der Waals surface area contributed by atoms with E-state index in [4.69, 9.17) is 0 Å². The molecule has 0 atom stereocenters. The summed E-state index contributed by atoms with van der Waals surface area (Å²) in [6.07, 6.45) is 4.24. The van der Waals surface area contributed by atoms with Gasteiger partial charge in [-0.25, -0.2) is 0 Å². The first-order chi connectivity index (χ1) is 7.20. The first-order valence-electron chi connectivity index (χ1n) is 5.03. The average molecular weight is 346 g/mol. The standard InChI is InChI=1S/C11H16F3IN/c1-10(2,3)9-7-16-6-8(9)4-5-15-11(12,13)14/h6-7,16H,4-5H2,1-3H3/q-1. The second kappa shape index (κ2) is 4.98. The van der Waals surface area contributed by atoms with Crippen LogP contribution in [0.5, 0.6) is 0 Å². The Bertz CT molecular complexity index is 336. The zero-order valence-electron chi connectivity index (χ0n) is 9.58. The number of alkyl halides is 5. The molecule has 1 N–H and O–H groups in total. The molecule has 94 valence electrons. The number of aromatic nitrogens is 1. The molecule has 1 aromatic rings. The van der Waals surface area contributed by atoms with E-state index in [0.717, 1.165) is 11.1 Å². The van der Waals surface area contributed by atoms with Crippen molar-refractivity contribution in [3.05, 3.63) is 23.5 Å². The van der Waals surface area contributed by atoms with E-state index < -0.39 is 25.4 Å². The first-order valence-corrected chi connectivity index (χ1v) is 7.64. The molecule has 16 heavy (non-hydrogen) atoms. The van der Waals surface area contributed by atoms with Crippen LogP contribution in [0.3, 0.4) is 0 Å². The maximum atomic E-state index is 12.1. The van der Waals surface area contributed by atoms with Crippen LogP contribution in [0.2, 0.25) is 0 Å². The van der Waals surface area contributed by atoms with Crippen LogP contribution in [0.4, 0.5) is 13.2 Å². The predicted molar refractivity (Wildman–Crippen MR) is 54.1 cm³/mol. The predicted octanol–water partition coefficient (Wildman–Crippen LogP) is 0.463. The Morgan fingerprint density at radius 2 is 1.81 bits per heavy atom. The fourth-order valence-electron chi connectivity index (χ4n) is 1.56. The molecule has 0 aromatic carbocycles. The maximum absolute atomic E-state index is 12.1. The zero-order valence-corrected chi connectivity index (χ0v) is 11.7. The van der Waals surface area contributed by atoms with Crippen LogP contribution in [0.25, 0.3) is 0 Å². The Morgan fingerprint density at radius 1 is 1.19 bits per heavy atom. The Balaban J connectivity index is 2.59. The molecule has 0 saturated heterocycles. The molecule has 0 aliphatic carbocycles. The summed E-state index contributed by atoms with van der Waals surface area (Å²) in [6, 6.07) is 0. The van der Waals surface area contributed by atoms with Gasteiger partial charge in [0.05, 0.1) is 0 Å². The van der Waals surface area contributed by atoms with E-state index in [1.54, 1.807) is 0 Å². The van der Waals surface area contributed by atoms with E-state index in [1.165, 1.54) is 0 Å². The van der Waals surface area contributed by atoms with Crippen LogP contribution in [0.15, 0.2) is 12.4 Å². The van der Waals surface area contributed by atoms with Gasteiger partial charge in [-0.05, 0) is 0 Å². The van der Waals surface area contributed by atoms with Crippen LogP contribution >= 0.6 is 0 Å². The second-order valence-electron chi connectivity index (χ2n) is 4.65. The number of hydrogen-bond donors (Lipinski definition) is 1. The van der Waals surface area contributed by atoms with Crippen LogP contribution in [-0.2, 0) is 11.8 Å². The van der Waals surface area contributed by atoms with Crippen molar-refractivity contribution in [2.45, 2.75) is 36.8 Å². The van der Waals surface area contributed by atoms with E-state index in [9.17, 15) is 13.2 Å². The van der Waals surface area contributed by atoms with Crippen molar-refractivity contribution in [2.24, 2.45) is 0 Å². The van der Waals surface area contributed by atoms with Crippen LogP contribution < -0.4 is 21.2 Å². The van der Waals surface area contributed by atoms with Crippen molar-refractivity contribution >= 4 is 0 Å². The Kier molecular flexibility index (Phi) is 4.31. The number of aromatic amines is 1. The fraction of sp³-hybridized carbons (Fsp3) is 0.636.